The monoisotopic (exact) mass is 260 g/mol. The van der Waals surface area contributed by atoms with Gasteiger partial charge in [0.1, 0.15) is 0 Å². The highest BCUT2D eigenvalue weighted by atomic mass is 35.5. The highest BCUT2D eigenvalue weighted by molar-refractivity contribution is 6.34. The van der Waals surface area contributed by atoms with Gasteiger partial charge in [-0.05, 0) is 12.1 Å². The van der Waals surface area contributed by atoms with Crippen LogP contribution in [0.1, 0.15) is 0 Å². The molecule has 2 amide bonds. The number of halogens is 2. The maximum Gasteiger partial charge on any atom is 0.348 e. The summed E-state index contributed by atoms with van der Waals surface area (Å²) in [6, 6.07) is 4.20. The first-order valence-electron chi connectivity index (χ1n) is 4.40. The number of urea groups is 1. The van der Waals surface area contributed by atoms with Crippen molar-refractivity contribution in [2.24, 2.45) is 0 Å². The molecule has 6 heteroatoms. The number of hydrogen-bond donors (Lipinski definition) is 2. The smallest absolute Gasteiger partial charge is 0.348 e. The summed E-state index contributed by atoms with van der Waals surface area (Å²) in [5.74, 6) is 0.280. The molecule has 16 heavy (non-hydrogen) atoms. The third-order valence-corrected chi connectivity index (χ3v) is 2.10. The topological polar surface area (TPSA) is 50.4 Å². The Morgan fingerprint density at radius 3 is 2.94 bits per heavy atom. The molecule has 4 nitrogen and oxygen atoms in total. The molecule has 0 saturated carbocycles. The molecule has 0 heterocycles. The van der Waals surface area contributed by atoms with E-state index in [4.69, 9.17) is 28.0 Å². The van der Waals surface area contributed by atoms with E-state index in [1.54, 1.807) is 18.2 Å². The van der Waals surface area contributed by atoms with Gasteiger partial charge >= 0.3 is 6.03 Å². The number of benzene rings is 1. The highest BCUT2D eigenvalue weighted by Crippen LogP contribution is 2.26. The van der Waals surface area contributed by atoms with Crippen LogP contribution in [-0.4, -0.2) is 12.6 Å². The molecule has 0 saturated heterocycles. The van der Waals surface area contributed by atoms with Crippen molar-refractivity contribution in [1.82, 2.24) is 10.8 Å². The first kappa shape index (κ1) is 12.7. The summed E-state index contributed by atoms with van der Waals surface area (Å²) < 4.78 is 0. The van der Waals surface area contributed by atoms with Crippen LogP contribution < -0.4 is 15.6 Å². The van der Waals surface area contributed by atoms with Gasteiger partial charge in [0.05, 0.1) is 5.02 Å². The second-order valence-electron chi connectivity index (χ2n) is 2.78. The summed E-state index contributed by atoms with van der Waals surface area (Å²) in [6.07, 6.45) is 1.55. The lowest BCUT2D eigenvalue weighted by molar-refractivity contribution is 0.179. The van der Waals surface area contributed by atoms with E-state index in [0.717, 1.165) is 0 Å². The Morgan fingerprint density at radius 2 is 2.25 bits per heavy atom. The normalized spacial score (nSPS) is 9.38. The van der Waals surface area contributed by atoms with Crippen LogP contribution in [0.5, 0.6) is 5.75 Å². The second kappa shape index (κ2) is 6.25. The zero-order chi connectivity index (χ0) is 12.0. The van der Waals surface area contributed by atoms with Crippen molar-refractivity contribution in [3.8, 4) is 5.75 Å². The van der Waals surface area contributed by atoms with E-state index in [1.807, 2.05) is 0 Å². The Balaban J connectivity index is 2.50. The van der Waals surface area contributed by atoms with Gasteiger partial charge in [-0.15, -0.1) is 6.58 Å². The number of nitrogens with one attached hydrogen (secondary N) is 2. The molecule has 1 aromatic carbocycles. The molecule has 1 rings (SSSR count). The summed E-state index contributed by atoms with van der Waals surface area (Å²) in [6.45, 7) is 3.80. The molecule has 86 valence electrons. The number of amides is 2. The lowest BCUT2D eigenvalue weighted by Gasteiger charge is -2.08. The predicted octanol–water partition coefficient (Wildman–Crippen LogP) is 2.77. The van der Waals surface area contributed by atoms with Crippen LogP contribution in [0.4, 0.5) is 4.79 Å². The lowest BCUT2D eigenvalue weighted by Crippen LogP contribution is -2.37. The fourth-order valence-electron chi connectivity index (χ4n) is 0.858. The van der Waals surface area contributed by atoms with Gasteiger partial charge in [-0.25, -0.2) is 4.79 Å². The Kier molecular flexibility index (Phi) is 4.95. The first-order chi connectivity index (χ1) is 7.63. The molecule has 0 aliphatic heterocycles. The summed E-state index contributed by atoms with van der Waals surface area (Å²) >= 11 is 11.5. The molecule has 0 aromatic heterocycles. The number of rotatable bonds is 4. The summed E-state index contributed by atoms with van der Waals surface area (Å²) in [5.41, 5.74) is 2.16. The quantitative estimate of drug-likeness (QED) is 0.646. The van der Waals surface area contributed by atoms with E-state index in [1.165, 1.54) is 6.07 Å². The maximum absolute atomic E-state index is 11.1. The molecular weight excluding hydrogens is 251 g/mol. The van der Waals surface area contributed by atoms with Crippen LogP contribution in [0, 0.1) is 0 Å². The number of hydroxylamine groups is 1. The second-order valence-corrected chi connectivity index (χ2v) is 3.62. The molecule has 0 unspecified atom stereocenters. The van der Waals surface area contributed by atoms with Gasteiger partial charge in [-0.1, -0.05) is 29.3 Å². The van der Waals surface area contributed by atoms with Crippen LogP contribution in [0.3, 0.4) is 0 Å². The Morgan fingerprint density at radius 1 is 1.50 bits per heavy atom. The number of hydrogen-bond acceptors (Lipinski definition) is 2. The Hall–Kier alpha value is -1.39. The third-order valence-electron chi connectivity index (χ3n) is 1.55. The van der Waals surface area contributed by atoms with Crippen LogP contribution >= 0.6 is 23.2 Å². The van der Waals surface area contributed by atoms with Crippen molar-refractivity contribution < 1.29 is 9.63 Å². The number of carbonyl (C=O) groups is 1. The minimum Gasteiger partial charge on any atom is -0.376 e. The fraction of sp³-hybridized carbons (Fsp3) is 0.100. The van der Waals surface area contributed by atoms with Crippen LogP contribution in [-0.2, 0) is 0 Å². The molecule has 0 aliphatic carbocycles. The zero-order valence-electron chi connectivity index (χ0n) is 8.30. The number of carbonyl (C=O) groups excluding carboxylic acids is 1. The van der Waals surface area contributed by atoms with E-state index in [0.29, 0.717) is 16.6 Å². The van der Waals surface area contributed by atoms with Gasteiger partial charge in [-0.2, -0.15) is 5.48 Å². The predicted molar refractivity (Wildman–Crippen MR) is 63.8 cm³/mol. The average molecular weight is 261 g/mol. The van der Waals surface area contributed by atoms with Gasteiger partial charge in [0.15, 0.2) is 5.75 Å². The standard InChI is InChI=1S/C10H10Cl2N2O2/c1-2-5-13-10(15)14-16-9-6-7(11)3-4-8(9)12/h2-4,6H,1,5H2,(H2,13,14,15). The fourth-order valence-corrected chi connectivity index (χ4v) is 1.18. The first-order valence-corrected chi connectivity index (χ1v) is 5.15. The van der Waals surface area contributed by atoms with E-state index in [9.17, 15) is 4.79 Å². The van der Waals surface area contributed by atoms with Crippen LogP contribution in [0.15, 0.2) is 30.9 Å². The molecule has 0 fully saturated rings. The van der Waals surface area contributed by atoms with Crippen molar-refractivity contribution in [3.63, 3.8) is 0 Å². The Labute approximate surface area is 103 Å². The summed E-state index contributed by atoms with van der Waals surface area (Å²) in [5, 5.41) is 3.29. The van der Waals surface area contributed by atoms with Gasteiger partial charge in [0.2, 0.25) is 0 Å². The van der Waals surface area contributed by atoms with E-state index >= 15 is 0 Å². The zero-order valence-corrected chi connectivity index (χ0v) is 9.81. The molecule has 0 spiro atoms. The van der Waals surface area contributed by atoms with Gasteiger partial charge in [0.25, 0.3) is 0 Å². The maximum atomic E-state index is 11.1. The van der Waals surface area contributed by atoms with Crippen molar-refractivity contribution in [1.29, 1.82) is 0 Å². The Bertz CT molecular complexity index is 396. The van der Waals surface area contributed by atoms with Crippen molar-refractivity contribution in [2.45, 2.75) is 0 Å². The van der Waals surface area contributed by atoms with E-state index in [-0.39, 0.29) is 5.75 Å². The minimum atomic E-state index is -0.490. The summed E-state index contributed by atoms with van der Waals surface area (Å²) in [4.78, 5) is 16.1. The molecule has 0 bridgehead atoms. The van der Waals surface area contributed by atoms with Crippen molar-refractivity contribution in [3.05, 3.63) is 40.9 Å². The van der Waals surface area contributed by atoms with Crippen LogP contribution in [0.25, 0.3) is 0 Å². The van der Waals surface area contributed by atoms with Crippen molar-refractivity contribution in [2.75, 3.05) is 6.54 Å². The van der Waals surface area contributed by atoms with Gasteiger partial charge in [-0.3, -0.25) is 0 Å². The van der Waals surface area contributed by atoms with Crippen molar-refractivity contribution >= 4 is 29.2 Å². The SMILES string of the molecule is C=CCNC(=O)NOc1cc(Cl)ccc1Cl. The van der Waals surface area contributed by atoms with Gasteiger partial charge in [0, 0.05) is 17.6 Å². The molecule has 0 aliphatic rings. The molecule has 0 radical (unpaired) electrons. The summed E-state index contributed by atoms with van der Waals surface area (Å²) in [7, 11) is 0. The highest BCUT2D eigenvalue weighted by Gasteiger charge is 2.04. The van der Waals surface area contributed by atoms with E-state index < -0.39 is 6.03 Å². The third kappa shape index (κ3) is 4.00. The molecular formula is C10H10Cl2N2O2. The molecule has 0 atom stereocenters. The van der Waals surface area contributed by atoms with Gasteiger partial charge < -0.3 is 10.2 Å². The van der Waals surface area contributed by atoms with Crippen LogP contribution in [0.2, 0.25) is 10.0 Å². The van der Waals surface area contributed by atoms with E-state index in [2.05, 4.69) is 17.4 Å². The lowest BCUT2D eigenvalue weighted by atomic mass is 10.3. The molecule has 1 aromatic rings. The average Bonchev–Trinajstić information content (AvgIpc) is 2.27. The minimum absolute atomic E-state index is 0.280. The molecule has 2 N–H and O–H groups in total. The largest absolute Gasteiger partial charge is 0.376 e.